The van der Waals surface area contributed by atoms with Gasteiger partial charge in [0.1, 0.15) is 0 Å². The van der Waals surface area contributed by atoms with E-state index < -0.39 is 0 Å². The lowest BCUT2D eigenvalue weighted by molar-refractivity contribution is 0.857. The Labute approximate surface area is 64.8 Å². The van der Waals surface area contributed by atoms with Crippen molar-refractivity contribution in [3.8, 4) is 12.3 Å². The first-order valence-corrected chi connectivity index (χ1v) is 3.22. The van der Waals surface area contributed by atoms with Crippen molar-refractivity contribution < 1.29 is 0 Å². The van der Waals surface area contributed by atoms with E-state index in [2.05, 4.69) is 10.9 Å². The number of hydrogen-bond donors (Lipinski definition) is 0. The minimum Gasteiger partial charge on any atom is -0.336 e. The summed E-state index contributed by atoms with van der Waals surface area (Å²) >= 11 is 5.70. The zero-order chi connectivity index (χ0) is 7.56. The van der Waals surface area contributed by atoms with Crippen molar-refractivity contribution in [2.75, 3.05) is 0 Å². The van der Waals surface area contributed by atoms with Gasteiger partial charge in [-0.05, 0) is 0 Å². The van der Waals surface area contributed by atoms with E-state index >= 15 is 0 Å². The summed E-state index contributed by atoms with van der Waals surface area (Å²) in [6.07, 6.45) is 7.29. The average Bonchev–Trinajstić information content (AvgIpc) is 2.20. The second-order valence-electron chi connectivity index (χ2n) is 1.97. The molecule has 10 heavy (non-hydrogen) atoms. The first kappa shape index (κ1) is 7.17. The van der Waals surface area contributed by atoms with Crippen molar-refractivity contribution in [1.29, 1.82) is 0 Å². The van der Waals surface area contributed by atoms with Crippen molar-refractivity contribution in [3.63, 3.8) is 0 Å². The Balaban J connectivity index is 3.01. The number of terminal acetylenes is 1. The Kier molecular flexibility index (Phi) is 1.98. The van der Waals surface area contributed by atoms with Crippen LogP contribution in [0.15, 0.2) is 6.33 Å². The van der Waals surface area contributed by atoms with Crippen LogP contribution in [0.2, 0.25) is 5.15 Å². The molecule has 1 aromatic rings. The van der Waals surface area contributed by atoms with E-state index in [4.69, 9.17) is 18.0 Å². The van der Waals surface area contributed by atoms with E-state index in [0.29, 0.717) is 11.6 Å². The van der Waals surface area contributed by atoms with Gasteiger partial charge in [0, 0.05) is 7.05 Å². The van der Waals surface area contributed by atoms with Crippen LogP contribution in [-0.2, 0) is 13.5 Å². The van der Waals surface area contributed by atoms with Crippen LogP contribution in [-0.4, -0.2) is 9.55 Å². The first-order chi connectivity index (χ1) is 4.75. The van der Waals surface area contributed by atoms with E-state index in [1.807, 2.05) is 11.6 Å². The SMILES string of the molecule is C#CCc1c(Cl)ncn1C. The van der Waals surface area contributed by atoms with Crippen LogP contribution in [0.1, 0.15) is 5.69 Å². The van der Waals surface area contributed by atoms with Crippen LogP contribution < -0.4 is 0 Å². The molecule has 0 aliphatic heterocycles. The summed E-state index contributed by atoms with van der Waals surface area (Å²) in [5, 5.41) is 0.500. The van der Waals surface area contributed by atoms with Crippen molar-refractivity contribution in [2.24, 2.45) is 7.05 Å². The molecule has 1 heterocycles. The molecule has 0 saturated heterocycles. The number of rotatable bonds is 1. The molecular formula is C7H7ClN2. The van der Waals surface area contributed by atoms with Gasteiger partial charge in [0.05, 0.1) is 18.4 Å². The van der Waals surface area contributed by atoms with Gasteiger partial charge >= 0.3 is 0 Å². The number of halogens is 1. The maximum absolute atomic E-state index is 5.70. The van der Waals surface area contributed by atoms with Gasteiger partial charge in [0.15, 0.2) is 5.15 Å². The molecule has 0 spiro atoms. The van der Waals surface area contributed by atoms with Crippen LogP contribution in [0.25, 0.3) is 0 Å². The van der Waals surface area contributed by atoms with Crippen LogP contribution >= 0.6 is 11.6 Å². The van der Waals surface area contributed by atoms with E-state index in [1.54, 1.807) is 6.33 Å². The third-order valence-electron chi connectivity index (χ3n) is 1.28. The molecule has 2 nitrogen and oxygen atoms in total. The predicted octanol–water partition coefficient (Wildman–Crippen LogP) is 1.25. The normalized spacial score (nSPS) is 9.30. The van der Waals surface area contributed by atoms with E-state index in [9.17, 15) is 0 Å². The molecule has 0 atom stereocenters. The van der Waals surface area contributed by atoms with Gasteiger partial charge in [0.25, 0.3) is 0 Å². The molecule has 0 fully saturated rings. The predicted molar refractivity (Wildman–Crippen MR) is 40.8 cm³/mol. The van der Waals surface area contributed by atoms with Crippen LogP contribution in [0, 0.1) is 12.3 Å². The molecule has 0 aliphatic carbocycles. The minimum absolute atomic E-state index is 0.500. The van der Waals surface area contributed by atoms with Gasteiger partial charge < -0.3 is 4.57 Å². The highest BCUT2D eigenvalue weighted by atomic mass is 35.5. The first-order valence-electron chi connectivity index (χ1n) is 2.85. The fraction of sp³-hybridized carbons (Fsp3) is 0.286. The fourth-order valence-electron chi connectivity index (χ4n) is 0.721. The van der Waals surface area contributed by atoms with Crippen molar-refractivity contribution in [2.45, 2.75) is 6.42 Å². The van der Waals surface area contributed by atoms with Gasteiger partial charge in [-0.25, -0.2) is 4.98 Å². The summed E-state index contributed by atoms with van der Waals surface area (Å²) in [7, 11) is 1.87. The molecule has 0 amide bonds. The summed E-state index contributed by atoms with van der Waals surface area (Å²) in [5.74, 6) is 2.51. The molecule has 0 radical (unpaired) electrons. The molecule has 0 aromatic carbocycles. The van der Waals surface area contributed by atoms with Crippen LogP contribution in [0.5, 0.6) is 0 Å². The fourth-order valence-corrected chi connectivity index (χ4v) is 0.965. The monoisotopic (exact) mass is 154 g/mol. The van der Waals surface area contributed by atoms with Gasteiger partial charge in [-0.1, -0.05) is 11.6 Å². The minimum atomic E-state index is 0.500. The van der Waals surface area contributed by atoms with Gasteiger partial charge in [-0.2, -0.15) is 0 Å². The van der Waals surface area contributed by atoms with Crippen LogP contribution in [0.4, 0.5) is 0 Å². The highest BCUT2D eigenvalue weighted by Crippen LogP contribution is 2.11. The molecule has 3 heteroatoms. The Morgan fingerprint density at radius 3 is 3.00 bits per heavy atom. The third-order valence-corrected chi connectivity index (χ3v) is 1.59. The lowest BCUT2D eigenvalue weighted by Crippen LogP contribution is -1.93. The zero-order valence-electron chi connectivity index (χ0n) is 5.63. The number of aromatic nitrogens is 2. The molecule has 0 bridgehead atoms. The van der Waals surface area contributed by atoms with Crippen molar-refractivity contribution >= 4 is 11.6 Å². The summed E-state index contributed by atoms with van der Waals surface area (Å²) in [5.41, 5.74) is 0.893. The number of nitrogens with zero attached hydrogens (tertiary/aromatic N) is 2. The topological polar surface area (TPSA) is 17.8 Å². The standard InChI is InChI=1S/C7H7ClN2/c1-3-4-6-7(8)9-5-10(6)2/h1,5H,4H2,2H3. The second-order valence-corrected chi connectivity index (χ2v) is 2.33. The Hall–Kier alpha value is -0.940. The van der Waals surface area contributed by atoms with Gasteiger partial charge in [-0.3, -0.25) is 0 Å². The maximum Gasteiger partial charge on any atom is 0.151 e. The number of imidazole rings is 1. The molecular weight excluding hydrogens is 148 g/mol. The van der Waals surface area contributed by atoms with E-state index in [-0.39, 0.29) is 0 Å². The van der Waals surface area contributed by atoms with E-state index in [1.165, 1.54) is 0 Å². The number of aryl methyl sites for hydroxylation is 1. The van der Waals surface area contributed by atoms with Crippen molar-refractivity contribution in [1.82, 2.24) is 9.55 Å². The maximum atomic E-state index is 5.70. The lowest BCUT2D eigenvalue weighted by atomic mass is 10.3. The smallest absolute Gasteiger partial charge is 0.151 e. The summed E-state index contributed by atoms with van der Waals surface area (Å²) < 4.78 is 1.82. The molecule has 52 valence electrons. The lowest BCUT2D eigenvalue weighted by Gasteiger charge is -1.94. The Morgan fingerprint density at radius 1 is 1.90 bits per heavy atom. The molecule has 0 saturated carbocycles. The second kappa shape index (κ2) is 2.76. The quantitative estimate of drug-likeness (QED) is 0.557. The summed E-state index contributed by atoms with van der Waals surface area (Å²) in [4.78, 5) is 3.87. The van der Waals surface area contributed by atoms with E-state index in [0.717, 1.165) is 5.69 Å². The summed E-state index contributed by atoms with van der Waals surface area (Å²) in [6.45, 7) is 0. The zero-order valence-corrected chi connectivity index (χ0v) is 6.39. The molecule has 1 rings (SSSR count). The molecule has 0 aliphatic rings. The highest BCUT2D eigenvalue weighted by molar-refractivity contribution is 6.30. The number of hydrogen-bond acceptors (Lipinski definition) is 1. The average molecular weight is 155 g/mol. The Bertz CT molecular complexity index is 250. The van der Waals surface area contributed by atoms with Crippen molar-refractivity contribution in [3.05, 3.63) is 17.2 Å². The highest BCUT2D eigenvalue weighted by Gasteiger charge is 2.02. The van der Waals surface area contributed by atoms with Gasteiger partial charge in [0.2, 0.25) is 0 Å². The van der Waals surface area contributed by atoms with Crippen LogP contribution in [0.3, 0.4) is 0 Å². The molecule has 0 unspecified atom stereocenters. The van der Waals surface area contributed by atoms with Gasteiger partial charge in [-0.15, -0.1) is 12.3 Å². The largest absolute Gasteiger partial charge is 0.336 e. The Morgan fingerprint density at radius 2 is 2.60 bits per heavy atom. The molecule has 1 aromatic heterocycles. The third kappa shape index (κ3) is 1.14. The summed E-state index contributed by atoms with van der Waals surface area (Å²) in [6, 6.07) is 0. The molecule has 0 N–H and O–H groups in total.